The average molecular weight is 306 g/mol. The minimum absolute atomic E-state index is 0.331. The molecule has 3 N–H and O–H groups in total. The van der Waals surface area contributed by atoms with Crippen molar-refractivity contribution in [2.24, 2.45) is 5.73 Å². The Bertz CT molecular complexity index is 624. The lowest BCUT2D eigenvalue weighted by atomic mass is 10.1. The van der Waals surface area contributed by atoms with Gasteiger partial charge in [-0.3, -0.25) is 4.79 Å². The topological polar surface area (TPSA) is 86.6 Å². The van der Waals surface area contributed by atoms with Crippen LogP contribution in [0, 0.1) is 0 Å². The van der Waals surface area contributed by atoms with E-state index in [2.05, 4.69) is 4.98 Å². The van der Waals surface area contributed by atoms with Crippen LogP contribution in [0.4, 0.5) is 0 Å². The van der Waals surface area contributed by atoms with E-state index in [9.17, 15) is 4.79 Å². The molecule has 0 aliphatic rings. The van der Waals surface area contributed by atoms with Gasteiger partial charge in [0.2, 0.25) is 0 Å². The number of carbonyl (C=O) groups is 1. The number of rotatable bonds is 8. The molecule has 0 fully saturated rings. The molecule has 0 bridgehead atoms. The van der Waals surface area contributed by atoms with Crippen LogP contribution in [0.25, 0.3) is 10.9 Å². The molecule has 120 valence electrons. The maximum atomic E-state index is 11.7. The smallest absolute Gasteiger partial charge is 0.323 e. The van der Waals surface area contributed by atoms with Crippen LogP contribution < -0.4 is 10.5 Å². The van der Waals surface area contributed by atoms with Crippen molar-refractivity contribution in [2.75, 3.05) is 26.9 Å². The Hall–Kier alpha value is -2.05. The summed E-state index contributed by atoms with van der Waals surface area (Å²) in [5.41, 5.74) is 7.83. The van der Waals surface area contributed by atoms with Gasteiger partial charge in [-0.05, 0) is 30.7 Å². The van der Waals surface area contributed by atoms with E-state index in [4.69, 9.17) is 19.9 Å². The summed E-state index contributed by atoms with van der Waals surface area (Å²) in [4.78, 5) is 14.8. The molecule has 0 spiro atoms. The van der Waals surface area contributed by atoms with Crippen LogP contribution in [-0.4, -0.2) is 43.9 Å². The highest BCUT2D eigenvalue weighted by molar-refractivity contribution is 5.85. The Morgan fingerprint density at radius 2 is 2.18 bits per heavy atom. The molecule has 0 saturated heterocycles. The first kappa shape index (κ1) is 16.3. The number of H-pyrrole nitrogens is 1. The van der Waals surface area contributed by atoms with Crippen LogP contribution in [0.15, 0.2) is 24.4 Å². The predicted octanol–water partition coefficient (Wildman–Crippen LogP) is 1.63. The summed E-state index contributed by atoms with van der Waals surface area (Å²) in [5.74, 6) is 0.374. The van der Waals surface area contributed by atoms with E-state index < -0.39 is 6.04 Å². The lowest BCUT2D eigenvalue weighted by molar-refractivity contribution is -0.144. The van der Waals surface area contributed by atoms with Gasteiger partial charge >= 0.3 is 5.97 Å². The van der Waals surface area contributed by atoms with E-state index in [1.165, 1.54) is 0 Å². The number of aromatic nitrogens is 1. The highest BCUT2D eigenvalue weighted by Gasteiger charge is 2.17. The lowest BCUT2D eigenvalue weighted by Crippen LogP contribution is -2.34. The van der Waals surface area contributed by atoms with Crippen molar-refractivity contribution in [1.29, 1.82) is 0 Å². The van der Waals surface area contributed by atoms with Gasteiger partial charge in [-0.1, -0.05) is 0 Å². The van der Waals surface area contributed by atoms with Crippen LogP contribution in [0.5, 0.6) is 5.75 Å². The average Bonchev–Trinajstić information content (AvgIpc) is 2.90. The zero-order valence-electron chi connectivity index (χ0n) is 12.9. The molecule has 0 amide bonds. The Kier molecular flexibility index (Phi) is 5.80. The Balaban J connectivity index is 2.12. The number of benzene rings is 1. The zero-order valence-corrected chi connectivity index (χ0v) is 12.9. The molecule has 1 atom stereocenters. The molecular formula is C16H22N2O4. The molecule has 0 aliphatic carbocycles. The highest BCUT2D eigenvalue weighted by atomic mass is 16.5. The lowest BCUT2D eigenvalue weighted by Gasteiger charge is -2.10. The van der Waals surface area contributed by atoms with Crippen molar-refractivity contribution in [2.45, 2.75) is 19.4 Å². The molecule has 0 radical (unpaired) electrons. The number of nitrogens with two attached hydrogens (primary N) is 1. The number of esters is 1. The van der Waals surface area contributed by atoms with Crippen LogP contribution in [0.2, 0.25) is 0 Å². The largest absolute Gasteiger partial charge is 0.491 e. The third kappa shape index (κ3) is 3.99. The van der Waals surface area contributed by atoms with Gasteiger partial charge in [0.15, 0.2) is 0 Å². The van der Waals surface area contributed by atoms with Crippen molar-refractivity contribution >= 4 is 16.9 Å². The standard InChI is InChI=1S/C16H22N2O4/c1-3-21-16(19)14(17)8-11-10-18-15-5-4-12(9-13(11)15)22-7-6-20-2/h4-5,9-10,14,18H,3,6-8,17H2,1-2H3. The van der Waals surface area contributed by atoms with Crippen LogP contribution in [0.1, 0.15) is 12.5 Å². The van der Waals surface area contributed by atoms with Gasteiger partial charge in [0.1, 0.15) is 18.4 Å². The summed E-state index contributed by atoms with van der Waals surface area (Å²) in [6.45, 7) is 3.12. The number of carbonyl (C=O) groups excluding carboxylic acids is 1. The predicted molar refractivity (Wildman–Crippen MR) is 84.0 cm³/mol. The first-order valence-corrected chi connectivity index (χ1v) is 7.29. The number of aromatic amines is 1. The molecule has 1 aromatic carbocycles. The minimum atomic E-state index is -0.669. The molecular weight excluding hydrogens is 284 g/mol. The van der Waals surface area contributed by atoms with Gasteiger partial charge in [-0.25, -0.2) is 0 Å². The third-order valence-corrected chi connectivity index (χ3v) is 3.32. The molecule has 22 heavy (non-hydrogen) atoms. The van der Waals surface area contributed by atoms with Gasteiger partial charge in [0.05, 0.1) is 13.2 Å². The number of ether oxygens (including phenoxy) is 3. The summed E-state index contributed by atoms with van der Waals surface area (Å²) in [5, 5.41) is 0.995. The Labute approximate surface area is 129 Å². The summed E-state index contributed by atoms with van der Waals surface area (Å²) in [7, 11) is 1.63. The molecule has 0 saturated carbocycles. The number of nitrogens with one attached hydrogen (secondary N) is 1. The second-order valence-corrected chi connectivity index (χ2v) is 4.93. The zero-order chi connectivity index (χ0) is 15.9. The minimum Gasteiger partial charge on any atom is -0.491 e. The quantitative estimate of drug-likeness (QED) is 0.572. The Morgan fingerprint density at radius 3 is 2.91 bits per heavy atom. The molecule has 6 heteroatoms. The molecule has 2 aromatic rings. The molecule has 0 aliphatic heterocycles. The number of hydrogen-bond acceptors (Lipinski definition) is 5. The second kappa shape index (κ2) is 7.82. The first-order valence-electron chi connectivity index (χ1n) is 7.29. The van der Waals surface area contributed by atoms with E-state index in [-0.39, 0.29) is 5.97 Å². The van der Waals surface area contributed by atoms with E-state index in [0.717, 1.165) is 22.2 Å². The highest BCUT2D eigenvalue weighted by Crippen LogP contribution is 2.24. The van der Waals surface area contributed by atoms with Gasteiger partial charge < -0.3 is 24.9 Å². The summed E-state index contributed by atoms with van der Waals surface area (Å²) in [6.07, 6.45) is 2.28. The van der Waals surface area contributed by atoms with Crippen molar-refractivity contribution in [3.8, 4) is 5.75 Å². The van der Waals surface area contributed by atoms with Gasteiger partial charge in [0.25, 0.3) is 0 Å². The SMILES string of the molecule is CCOC(=O)C(N)Cc1c[nH]c2ccc(OCCOC)cc12. The molecule has 1 heterocycles. The molecule has 6 nitrogen and oxygen atoms in total. The Morgan fingerprint density at radius 1 is 1.36 bits per heavy atom. The molecule has 1 unspecified atom stereocenters. The summed E-state index contributed by atoms with van der Waals surface area (Å²) in [6, 6.07) is 5.10. The molecule has 1 aromatic heterocycles. The van der Waals surface area contributed by atoms with Crippen molar-refractivity contribution < 1.29 is 19.0 Å². The summed E-state index contributed by atoms with van der Waals surface area (Å²) >= 11 is 0. The van der Waals surface area contributed by atoms with Gasteiger partial charge in [-0.2, -0.15) is 0 Å². The maximum Gasteiger partial charge on any atom is 0.323 e. The summed E-state index contributed by atoms with van der Waals surface area (Å²) < 4.78 is 15.5. The third-order valence-electron chi connectivity index (χ3n) is 3.32. The number of hydrogen-bond donors (Lipinski definition) is 2. The fraction of sp³-hybridized carbons (Fsp3) is 0.438. The number of methoxy groups -OCH3 is 1. The normalized spacial score (nSPS) is 12.3. The van der Waals surface area contributed by atoms with Crippen LogP contribution >= 0.6 is 0 Å². The van der Waals surface area contributed by atoms with E-state index >= 15 is 0 Å². The van der Waals surface area contributed by atoms with E-state index in [1.54, 1.807) is 14.0 Å². The number of fused-ring (bicyclic) bond motifs is 1. The monoisotopic (exact) mass is 306 g/mol. The van der Waals surface area contributed by atoms with Crippen molar-refractivity contribution in [1.82, 2.24) is 4.98 Å². The van der Waals surface area contributed by atoms with Gasteiger partial charge in [0, 0.05) is 30.6 Å². The van der Waals surface area contributed by atoms with Crippen molar-refractivity contribution in [3.63, 3.8) is 0 Å². The van der Waals surface area contributed by atoms with E-state index in [0.29, 0.717) is 26.2 Å². The second-order valence-electron chi connectivity index (χ2n) is 4.93. The van der Waals surface area contributed by atoms with Gasteiger partial charge in [-0.15, -0.1) is 0 Å². The van der Waals surface area contributed by atoms with Crippen LogP contribution in [-0.2, 0) is 20.7 Å². The van der Waals surface area contributed by atoms with Crippen LogP contribution in [0.3, 0.4) is 0 Å². The first-order chi connectivity index (χ1) is 10.7. The fourth-order valence-corrected chi connectivity index (χ4v) is 2.23. The fourth-order valence-electron chi connectivity index (χ4n) is 2.23. The van der Waals surface area contributed by atoms with Crippen molar-refractivity contribution in [3.05, 3.63) is 30.0 Å². The molecule has 2 rings (SSSR count). The maximum absolute atomic E-state index is 11.7. The van der Waals surface area contributed by atoms with E-state index in [1.807, 2.05) is 24.4 Å².